The van der Waals surface area contributed by atoms with Crippen LogP contribution in [-0.4, -0.2) is 78.3 Å². The topological polar surface area (TPSA) is 71.1 Å². The number of hydrogen-bond acceptors (Lipinski definition) is 6. The first-order valence-electron chi connectivity index (χ1n) is 8.88. The molecule has 0 radical (unpaired) electrons. The van der Waals surface area contributed by atoms with Crippen molar-refractivity contribution in [1.29, 1.82) is 0 Å². The molecule has 0 saturated carbocycles. The first-order chi connectivity index (χ1) is 11.7. The Labute approximate surface area is 154 Å². The van der Waals surface area contributed by atoms with Crippen LogP contribution in [0.2, 0.25) is 0 Å². The molecule has 0 aliphatic carbocycles. The van der Waals surface area contributed by atoms with E-state index in [1.165, 1.54) is 0 Å². The highest BCUT2D eigenvalue weighted by molar-refractivity contribution is 6.17. The second-order valence-electron chi connectivity index (χ2n) is 7.83. The number of carbonyl (C=O) groups excluding carboxylic acids is 2. The summed E-state index contributed by atoms with van der Waals surface area (Å²) in [5.41, 5.74) is -0.485. The number of esters is 1. The fourth-order valence-electron chi connectivity index (χ4n) is 3.53. The number of ether oxygens (including phenoxy) is 2. The quantitative estimate of drug-likeness (QED) is 0.597. The first-order valence-corrected chi connectivity index (χ1v) is 9.41. The van der Waals surface area contributed by atoms with Gasteiger partial charge in [-0.05, 0) is 34.1 Å². The fourth-order valence-corrected chi connectivity index (χ4v) is 3.64. The molecule has 7 nitrogen and oxygen atoms in total. The number of carbonyl (C=O) groups is 2. The van der Waals surface area contributed by atoms with Gasteiger partial charge in [0.15, 0.2) is 6.07 Å². The Balaban J connectivity index is 1.90. The van der Waals surface area contributed by atoms with Crippen LogP contribution in [-0.2, 0) is 14.3 Å². The number of alkyl halides is 1. The number of halogens is 1. The van der Waals surface area contributed by atoms with Gasteiger partial charge in [0.25, 0.3) is 0 Å². The molecule has 8 heteroatoms. The third-order valence-electron chi connectivity index (χ3n) is 4.66. The third kappa shape index (κ3) is 5.72. The van der Waals surface area contributed by atoms with Crippen molar-refractivity contribution in [3.05, 3.63) is 0 Å². The minimum atomic E-state index is -0.485. The number of piperidine rings is 1. The summed E-state index contributed by atoms with van der Waals surface area (Å²) in [6.07, 6.45) is 0.490. The summed E-state index contributed by atoms with van der Waals surface area (Å²) >= 11 is 5.49. The predicted octanol–water partition coefficient (Wildman–Crippen LogP) is 1.65. The molecule has 25 heavy (non-hydrogen) atoms. The molecule has 1 amide bonds. The molecule has 2 heterocycles. The van der Waals surface area contributed by atoms with Gasteiger partial charge in [0.2, 0.25) is 0 Å². The van der Waals surface area contributed by atoms with Crippen molar-refractivity contribution in [3.63, 3.8) is 0 Å². The highest BCUT2D eigenvalue weighted by Gasteiger charge is 2.37. The van der Waals surface area contributed by atoms with Gasteiger partial charge in [0.05, 0.1) is 5.92 Å². The van der Waals surface area contributed by atoms with Crippen LogP contribution in [0.15, 0.2) is 0 Å². The van der Waals surface area contributed by atoms with Gasteiger partial charge in [0.1, 0.15) is 5.60 Å². The number of hydrogen-bond donors (Lipinski definition) is 1. The lowest BCUT2D eigenvalue weighted by Crippen LogP contribution is -2.61. The number of nitrogens with one attached hydrogen (secondary N) is 1. The van der Waals surface area contributed by atoms with Crippen molar-refractivity contribution in [2.75, 3.05) is 38.8 Å². The lowest BCUT2D eigenvalue weighted by atomic mass is 9.93. The lowest BCUT2D eigenvalue weighted by molar-refractivity contribution is -0.148. The van der Waals surface area contributed by atoms with E-state index in [-0.39, 0.29) is 36.1 Å². The van der Waals surface area contributed by atoms with E-state index >= 15 is 0 Å². The Morgan fingerprint density at radius 1 is 1.24 bits per heavy atom. The van der Waals surface area contributed by atoms with Crippen LogP contribution in [0, 0.1) is 5.92 Å². The number of amides is 1. The molecule has 0 aromatic rings. The number of nitrogens with zero attached hydrogens (tertiary/aromatic N) is 2. The molecule has 3 atom stereocenters. The van der Waals surface area contributed by atoms with E-state index in [2.05, 4.69) is 17.1 Å². The molecular formula is C17H30ClN3O4. The van der Waals surface area contributed by atoms with Gasteiger partial charge in [-0.1, -0.05) is 11.6 Å². The van der Waals surface area contributed by atoms with Gasteiger partial charge in [-0.2, -0.15) is 0 Å². The summed E-state index contributed by atoms with van der Waals surface area (Å²) in [4.78, 5) is 28.3. The predicted molar refractivity (Wildman–Crippen MR) is 95.6 cm³/mol. The van der Waals surface area contributed by atoms with Crippen LogP contribution in [0.25, 0.3) is 0 Å². The van der Waals surface area contributed by atoms with Crippen molar-refractivity contribution in [2.24, 2.45) is 5.92 Å². The molecule has 1 N–H and O–H groups in total. The van der Waals surface area contributed by atoms with E-state index in [4.69, 9.17) is 21.1 Å². The highest BCUT2D eigenvalue weighted by atomic mass is 35.5. The lowest BCUT2D eigenvalue weighted by Gasteiger charge is -2.46. The smallest absolute Gasteiger partial charge is 0.410 e. The summed E-state index contributed by atoms with van der Waals surface area (Å²) in [6, 6.07) is 0.346. The second-order valence-corrected chi connectivity index (χ2v) is 8.05. The summed E-state index contributed by atoms with van der Waals surface area (Å²) in [6.45, 7) is 11.2. The number of piperazine rings is 1. The van der Waals surface area contributed by atoms with E-state index in [1.54, 1.807) is 4.90 Å². The van der Waals surface area contributed by atoms with E-state index in [0.717, 1.165) is 19.5 Å². The van der Waals surface area contributed by atoms with Gasteiger partial charge in [-0.15, -0.1) is 0 Å². The first kappa shape index (κ1) is 20.3. The van der Waals surface area contributed by atoms with Crippen LogP contribution in [0.5, 0.6) is 0 Å². The van der Waals surface area contributed by atoms with Crippen molar-refractivity contribution in [3.8, 4) is 0 Å². The Hall–Kier alpha value is -1.05. The Kier molecular flexibility index (Phi) is 6.93. The summed E-state index contributed by atoms with van der Waals surface area (Å²) in [5.74, 6) is -0.416. The van der Waals surface area contributed by atoms with E-state index in [0.29, 0.717) is 19.6 Å². The highest BCUT2D eigenvalue weighted by Crippen LogP contribution is 2.23. The van der Waals surface area contributed by atoms with Gasteiger partial charge >= 0.3 is 12.1 Å². The molecule has 2 aliphatic heterocycles. The minimum Gasteiger partial charge on any atom is -0.449 e. The van der Waals surface area contributed by atoms with Crippen molar-refractivity contribution in [1.82, 2.24) is 15.1 Å². The standard InChI is InChI=1S/C17H30ClN3O4/c1-12-10-20(16(23)25-17(2,3)4)5-6-21(12)14-7-13(8-19-9-14)15(22)24-11-18/h12-14,19H,5-11H2,1-4H3/t12-,13?,14?/m0/s1. The van der Waals surface area contributed by atoms with Crippen molar-refractivity contribution in [2.45, 2.75) is 51.8 Å². The average molecular weight is 376 g/mol. The van der Waals surface area contributed by atoms with Gasteiger partial charge < -0.3 is 19.7 Å². The van der Waals surface area contributed by atoms with Crippen LogP contribution in [0.3, 0.4) is 0 Å². The zero-order chi connectivity index (χ0) is 18.6. The zero-order valence-corrected chi connectivity index (χ0v) is 16.3. The Morgan fingerprint density at radius 3 is 2.56 bits per heavy atom. The molecule has 2 rings (SSSR count). The largest absolute Gasteiger partial charge is 0.449 e. The molecule has 2 aliphatic rings. The van der Waals surface area contributed by atoms with E-state index in [9.17, 15) is 9.59 Å². The van der Waals surface area contributed by atoms with Crippen LogP contribution < -0.4 is 5.32 Å². The maximum atomic E-state index is 12.3. The average Bonchev–Trinajstić information content (AvgIpc) is 2.53. The third-order valence-corrected chi connectivity index (χ3v) is 4.77. The fraction of sp³-hybridized carbons (Fsp3) is 0.882. The normalized spacial score (nSPS) is 28.5. The second kappa shape index (κ2) is 8.56. The van der Waals surface area contributed by atoms with Crippen molar-refractivity contribution < 1.29 is 19.1 Å². The molecule has 2 unspecified atom stereocenters. The van der Waals surface area contributed by atoms with Gasteiger partial charge in [-0.25, -0.2) is 4.79 Å². The molecule has 0 spiro atoms. The molecule has 0 aromatic heterocycles. The van der Waals surface area contributed by atoms with Gasteiger partial charge in [0, 0.05) is 44.8 Å². The van der Waals surface area contributed by atoms with E-state index in [1.807, 2.05) is 20.8 Å². The summed E-state index contributed by atoms with van der Waals surface area (Å²) in [5, 5.41) is 3.32. The molecule has 0 aromatic carbocycles. The molecular weight excluding hydrogens is 346 g/mol. The monoisotopic (exact) mass is 375 g/mol. The van der Waals surface area contributed by atoms with Crippen LogP contribution >= 0.6 is 11.6 Å². The van der Waals surface area contributed by atoms with Crippen molar-refractivity contribution >= 4 is 23.7 Å². The number of rotatable bonds is 3. The zero-order valence-electron chi connectivity index (χ0n) is 15.6. The van der Waals surface area contributed by atoms with Gasteiger partial charge in [-0.3, -0.25) is 9.69 Å². The molecule has 144 valence electrons. The van der Waals surface area contributed by atoms with E-state index < -0.39 is 5.60 Å². The molecule has 0 bridgehead atoms. The maximum absolute atomic E-state index is 12.3. The Morgan fingerprint density at radius 2 is 1.96 bits per heavy atom. The molecule has 2 fully saturated rings. The van der Waals surface area contributed by atoms with Crippen LogP contribution in [0.4, 0.5) is 4.79 Å². The SMILES string of the molecule is C[C@H]1CN(C(=O)OC(C)(C)C)CCN1C1CNCC(C(=O)OCCl)C1. The summed E-state index contributed by atoms with van der Waals surface area (Å²) < 4.78 is 10.4. The maximum Gasteiger partial charge on any atom is 0.410 e. The Bertz CT molecular complexity index is 483. The molecule has 2 saturated heterocycles. The minimum absolute atomic E-state index is 0.106. The summed E-state index contributed by atoms with van der Waals surface area (Å²) in [7, 11) is 0. The van der Waals surface area contributed by atoms with Crippen LogP contribution in [0.1, 0.15) is 34.1 Å².